The smallest absolute Gasteiger partial charge is 0.354 e. The Labute approximate surface area is 86.3 Å². The Morgan fingerprint density at radius 1 is 1.47 bits per heavy atom. The number of rotatable bonds is 1. The molecule has 0 unspecified atom stereocenters. The zero-order valence-corrected chi connectivity index (χ0v) is 8.23. The van der Waals surface area contributed by atoms with Crippen LogP contribution in [0, 0.1) is 0 Å². The lowest BCUT2D eigenvalue weighted by atomic mass is 10.2. The fourth-order valence-electron chi connectivity index (χ4n) is 1.71. The van der Waals surface area contributed by atoms with E-state index < -0.39 is 5.97 Å². The average Bonchev–Trinajstić information content (AvgIpc) is 2.59. The van der Waals surface area contributed by atoms with Crippen LogP contribution in [0.2, 0.25) is 0 Å². The molecule has 78 valence electrons. The monoisotopic (exact) mass is 206 g/mol. The van der Waals surface area contributed by atoms with Crippen LogP contribution in [0.3, 0.4) is 0 Å². The molecule has 0 radical (unpaired) electrons. The van der Waals surface area contributed by atoms with Gasteiger partial charge in [0.15, 0.2) is 0 Å². The Balaban J connectivity index is 2.42. The van der Waals surface area contributed by atoms with Crippen molar-refractivity contribution >= 4 is 17.6 Å². The molecule has 0 saturated heterocycles. The van der Waals surface area contributed by atoms with Gasteiger partial charge < -0.3 is 10.0 Å². The summed E-state index contributed by atoms with van der Waals surface area (Å²) in [6.45, 7) is 2.07. The zero-order valence-electron chi connectivity index (χ0n) is 8.23. The van der Waals surface area contributed by atoms with Gasteiger partial charge >= 0.3 is 5.97 Å². The maximum Gasteiger partial charge on any atom is 0.354 e. The first kappa shape index (κ1) is 9.64. The predicted molar refractivity (Wildman–Crippen MR) is 52.9 cm³/mol. The summed E-state index contributed by atoms with van der Waals surface area (Å²) in [5.41, 5.74) is 1.44. The summed E-state index contributed by atoms with van der Waals surface area (Å²) >= 11 is 0. The molecular formula is C10H10N2O3. The molecule has 2 heterocycles. The molecule has 5 nitrogen and oxygen atoms in total. The number of aromatic carboxylic acids is 1. The van der Waals surface area contributed by atoms with Crippen molar-refractivity contribution in [1.82, 2.24) is 4.98 Å². The number of carboxylic acid groups (broad SMARTS) is 1. The van der Waals surface area contributed by atoms with Crippen LogP contribution in [0.15, 0.2) is 12.1 Å². The summed E-state index contributed by atoms with van der Waals surface area (Å²) in [5, 5.41) is 8.75. The lowest BCUT2D eigenvalue weighted by Crippen LogP contribution is -2.25. The van der Waals surface area contributed by atoms with E-state index in [1.165, 1.54) is 13.0 Å². The summed E-state index contributed by atoms with van der Waals surface area (Å²) in [7, 11) is 0. The van der Waals surface area contributed by atoms with Gasteiger partial charge in [-0.15, -0.1) is 0 Å². The van der Waals surface area contributed by atoms with Crippen LogP contribution in [0.25, 0.3) is 0 Å². The number of aromatic nitrogens is 1. The molecule has 0 aromatic carbocycles. The Morgan fingerprint density at radius 2 is 2.20 bits per heavy atom. The highest BCUT2D eigenvalue weighted by molar-refractivity contribution is 5.94. The second kappa shape index (κ2) is 3.34. The van der Waals surface area contributed by atoms with Crippen LogP contribution in [-0.2, 0) is 11.2 Å². The minimum Gasteiger partial charge on any atom is -0.477 e. The Hall–Kier alpha value is -1.91. The van der Waals surface area contributed by atoms with Gasteiger partial charge in [0.2, 0.25) is 5.91 Å². The average molecular weight is 206 g/mol. The van der Waals surface area contributed by atoms with E-state index in [0.717, 1.165) is 5.69 Å². The van der Waals surface area contributed by atoms with Gasteiger partial charge in [-0.25, -0.2) is 9.78 Å². The number of nitrogens with zero attached hydrogens (tertiary/aromatic N) is 2. The maximum absolute atomic E-state index is 11.2. The molecule has 1 aromatic rings. The van der Waals surface area contributed by atoms with Crippen LogP contribution in [0.5, 0.6) is 0 Å². The number of anilines is 1. The van der Waals surface area contributed by atoms with Crippen molar-refractivity contribution in [2.24, 2.45) is 0 Å². The molecular weight excluding hydrogens is 196 g/mol. The molecule has 0 saturated carbocycles. The Kier molecular flexibility index (Phi) is 2.15. The number of amides is 1. The van der Waals surface area contributed by atoms with E-state index in [-0.39, 0.29) is 11.6 Å². The maximum atomic E-state index is 11.2. The number of carbonyl (C=O) groups is 2. The van der Waals surface area contributed by atoms with E-state index in [2.05, 4.69) is 4.98 Å². The van der Waals surface area contributed by atoms with Gasteiger partial charge in [0, 0.05) is 19.9 Å². The van der Waals surface area contributed by atoms with Gasteiger partial charge in [0.1, 0.15) is 5.69 Å². The number of hydrogen-bond acceptors (Lipinski definition) is 3. The van der Waals surface area contributed by atoms with E-state index in [9.17, 15) is 9.59 Å². The quantitative estimate of drug-likeness (QED) is 0.733. The van der Waals surface area contributed by atoms with Crippen LogP contribution in [-0.4, -0.2) is 28.5 Å². The highest BCUT2D eigenvalue weighted by Gasteiger charge is 2.24. The minimum absolute atomic E-state index is 0.0270. The topological polar surface area (TPSA) is 70.5 Å². The highest BCUT2D eigenvalue weighted by atomic mass is 16.4. The largest absolute Gasteiger partial charge is 0.477 e. The van der Waals surface area contributed by atoms with Crippen LogP contribution < -0.4 is 4.90 Å². The van der Waals surface area contributed by atoms with Crippen molar-refractivity contribution in [3.05, 3.63) is 23.5 Å². The lowest BCUT2D eigenvalue weighted by Gasteiger charge is -2.13. The van der Waals surface area contributed by atoms with Gasteiger partial charge in [0.05, 0.1) is 11.4 Å². The third kappa shape index (κ3) is 1.56. The summed E-state index contributed by atoms with van der Waals surface area (Å²) in [6, 6.07) is 3.06. The van der Waals surface area contributed by atoms with Gasteiger partial charge in [-0.2, -0.15) is 0 Å². The minimum atomic E-state index is -1.04. The third-order valence-corrected chi connectivity index (χ3v) is 2.41. The van der Waals surface area contributed by atoms with Crippen molar-refractivity contribution < 1.29 is 14.7 Å². The molecule has 2 rings (SSSR count). The number of carbonyl (C=O) groups excluding carboxylic acids is 1. The fourth-order valence-corrected chi connectivity index (χ4v) is 1.71. The van der Waals surface area contributed by atoms with Crippen LogP contribution in [0.1, 0.15) is 23.1 Å². The molecule has 0 aliphatic carbocycles. The van der Waals surface area contributed by atoms with Crippen LogP contribution >= 0.6 is 0 Å². The number of carboxylic acids is 1. The SMILES string of the molecule is CC(=O)N1CCc2nc(C(=O)O)ccc21. The molecule has 1 amide bonds. The summed E-state index contributed by atoms with van der Waals surface area (Å²) in [5.74, 6) is -1.09. The van der Waals surface area contributed by atoms with E-state index in [4.69, 9.17) is 5.11 Å². The second-order valence-corrected chi connectivity index (χ2v) is 3.39. The summed E-state index contributed by atoms with van der Waals surface area (Å²) in [6.07, 6.45) is 0.621. The van der Waals surface area contributed by atoms with Crippen molar-refractivity contribution in [3.63, 3.8) is 0 Å². The van der Waals surface area contributed by atoms with Crippen LogP contribution in [0.4, 0.5) is 5.69 Å². The second-order valence-electron chi connectivity index (χ2n) is 3.39. The molecule has 15 heavy (non-hydrogen) atoms. The first-order valence-corrected chi connectivity index (χ1v) is 4.61. The number of pyridine rings is 1. The van der Waals surface area contributed by atoms with E-state index in [0.29, 0.717) is 18.7 Å². The molecule has 1 aliphatic rings. The van der Waals surface area contributed by atoms with Crippen molar-refractivity contribution in [1.29, 1.82) is 0 Å². The zero-order chi connectivity index (χ0) is 11.0. The first-order chi connectivity index (χ1) is 7.09. The molecule has 1 aliphatic heterocycles. The molecule has 0 spiro atoms. The fraction of sp³-hybridized carbons (Fsp3) is 0.300. The lowest BCUT2D eigenvalue weighted by molar-refractivity contribution is -0.116. The van der Waals surface area contributed by atoms with E-state index in [1.807, 2.05) is 0 Å². The molecule has 0 atom stereocenters. The summed E-state index contributed by atoms with van der Waals surface area (Å²) in [4.78, 5) is 27.5. The highest BCUT2D eigenvalue weighted by Crippen LogP contribution is 2.26. The Morgan fingerprint density at radius 3 is 2.80 bits per heavy atom. The predicted octanol–water partition coefficient (Wildman–Crippen LogP) is 0.689. The molecule has 0 fully saturated rings. The van der Waals surface area contributed by atoms with Gasteiger partial charge in [0.25, 0.3) is 0 Å². The molecule has 1 aromatic heterocycles. The normalized spacial score (nSPS) is 13.8. The van der Waals surface area contributed by atoms with E-state index >= 15 is 0 Å². The number of hydrogen-bond donors (Lipinski definition) is 1. The van der Waals surface area contributed by atoms with Gasteiger partial charge in [-0.1, -0.05) is 0 Å². The van der Waals surface area contributed by atoms with Crippen molar-refractivity contribution in [2.45, 2.75) is 13.3 Å². The first-order valence-electron chi connectivity index (χ1n) is 4.61. The van der Waals surface area contributed by atoms with Crippen molar-refractivity contribution in [2.75, 3.05) is 11.4 Å². The van der Waals surface area contributed by atoms with E-state index in [1.54, 1.807) is 11.0 Å². The molecule has 1 N–H and O–H groups in total. The summed E-state index contributed by atoms with van der Waals surface area (Å²) < 4.78 is 0. The number of fused-ring (bicyclic) bond motifs is 1. The van der Waals surface area contributed by atoms with Crippen molar-refractivity contribution in [3.8, 4) is 0 Å². The Bertz CT molecular complexity index is 442. The standard InChI is InChI=1S/C10H10N2O3/c1-6(13)12-5-4-7-9(12)3-2-8(11-7)10(14)15/h2-3H,4-5H2,1H3,(H,14,15). The third-order valence-electron chi connectivity index (χ3n) is 2.41. The molecule has 0 bridgehead atoms. The molecule has 5 heteroatoms. The van der Waals surface area contributed by atoms with Gasteiger partial charge in [-0.05, 0) is 12.1 Å². The van der Waals surface area contributed by atoms with Gasteiger partial charge in [-0.3, -0.25) is 4.79 Å².